The number of aromatic hydroxyl groups is 1. The lowest BCUT2D eigenvalue weighted by Crippen LogP contribution is -2.37. The highest BCUT2D eigenvalue weighted by Crippen LogP contribution is 2.25. The van der Waals surface area contributed by atoms with Crippen LogP contribution in [0.4, 0.5) is 5.69 Å². The minimum Gasteiger partial charge on any atom is -0.508 e. The van der Waals surface area contributed by atoms with E-state index in [2.05, 4.69) is 0 Å². The molecule has 0 saturated heterocycles. The van der Waals surface area contributed by atoms with Crippen molar-refractivity contribution in [3.8, 4) is 5.75 Å². The summed E-state index contributed by atoms with van der Waals surface area (Å²) in [5.41, 5.74) is -0.430. The van der Waals surface area contributed by atoms with Crippen molar-refractivity contribution < 1.29 is 19.6 Å². The number of carbonyl (C=O) groups is 1. The predicted molar refractivity (Wildman–Crippen MR) is 77.4 cm³/mol. The van der Waals surface area contributed by atoms with Crippen molar-refractivity contribution in [1.82, 2.24) is 4.90 Å². The molecule has 0 saturated carbocycles. The molecule has 7 nitrogen and oxygen atoms in total. The van der Waals surface area contributed by atoms with Gasteiger partial charge in [-0.1, -0.05) is 13.8 Å². The van der Waals surface area contributed by atoms with Gasteiger partial charge in [-0.3, -0.25) is 14.9 Å². The number of methoxy groups -OCH3 is 1. The summed E-state index contributed by atoms with van der Waals surface area (Å²) in [6.45, 7) is 5.02. The molecule has 1 amide bonds. The first-order valence-electron chi connectivity index (χ1n) is 6.62. The fraction of sp³-hybridized carbons (Fsp3) is 0.500. The van der Waals surface area contributed by atoms with Crippen LogP contribution in [-0.2, 0) is 4.74 Å². The Morgan fingerprint density at radius 1 is 1.48 bits per heavy atom. The number of carbonyl (C=O) groups excluding carboxylic acids is 1. The molecule has 7 heteroatoms. The molecule has 1 rings (SSSR count). The summed E-state index contributed by atoms with van der Waals surface area (Å²) < 4.78 is 4.96. The molecule has 1 N–H and O–H groups in total. The number of rotatable bonds is 7. The minimum absolute atomic E-state index is 0.114. The summed E-state index contributed by atoms with van der Waals surface area (Å²) in [6.07, 6.45) is 0. The highest BCUT2D eigenvalue weighted by Gasteiger charge is 2.25. The third-order valence-corrected chi connectivity index (χ3v) is 2.85. The second-order valence-electron chi connectivity index (χ2n) is 5.10. The van der Waals surface area contributed by atoms with Gasteiger partial charge in [0, 0.05) is 26.3 Å². The lowest BCUT2D eigenvalue weighted by atomic mass is 10.1. The maximum atomic E-state index is 12.5. The van der Waals surface area contributed by atoms with Crippen LogP contribution in [-0.4, -0.2) is 47.6 Å². The Bertz CT molecular complexity index is 516. The topological polar surface area (TPSA) is 92.9 Å². The molecule has 116 valence electrons. The Balaban J connectivity index is 3.12. The van der Waals surface area contributed by atoms with Crippen molar-refractivity contribution in [2.75, 3.05) is 26.8 Å². The molecule has 0 aliphatic rings. The Morgan fingerprint density at radius 2 is 2.14 bits per heavy atom. The van der Waals surface area contributed by atoms with Crippen LogP contribution >= 0.6 is 0 Å². The van der Waals surface area contributed by atoms with E-state index in [4.69, 9.17) is 4.74 Å². The average Bonchev–Trinajstić information content (AvgIpc) is 2.41. The summed E-state index contributed by atoms with van der Waals surface area (Å²) >= 11 is 0. The van der Waals surface area contributed by atoms with Crippen LogP contribution < -0.4 is 0 Å². The van der Waals surface area contributed by atoms with Crippen molar-refractivity contribution in [1.29, 1.82) is 0 Å². The number of ether oxygens (including phenoxy) is 1. The van der Waals surface area contributed by atoms with Crippen molar-refractivity contribution in [3.05, 3.63) is 33.9 Å². The molecule has 0 atom stereocenters. The molecule has 21 heavy (non-hydrogen) atoms. The smallest absolute Gasteiger partial charge is 0.282 e. The summed E-state index contributed by atoms with van der Waals surface area (Å²) in [4.78, 5) is 24.4. The van der Waals surface area contributed by atoms with Crippen LogP contribution in [0.3, 0.4) is 0 Å². The lowest BCUT2D eigenvalue weighted by Gasteiger charge is -2.24. The van der Waals surface area contributed by atoms with Crippen molar-refractivity contribution in [2.24, 2.45) is 5.92 Å². The molecule has 0 unspecified atom stereocenters. The first kappa shape index (κ1) is 16.9. The highest BCUT2D eigenvalue weighted by molar-refractivity contribution is 5.98. The molecule has 1 aromatic rings. The Hall–Kier alpha value is -2.15. The van der Waals surface area contributed by atoms with E-state index in [1.807, 2.05) is 13.8 Å². The SMILES string of the molecule is COCCN(CC(C)C)C(=O)c1cc(O)ccc1[N+](=O)[O-]. The molecule has 0 fully saturated rings. The zero-order valence-electron chi connectivity index (χ0n) is 12.4. The normalized spacial score (nSPS) is 10.7. The van der Waals surface area contributed by atoms with Crippen LogP contribution in [0.2, 0.25) is 0 Å². The van der Waals surface area contributed by atoms with Gasteiger partial charge in [0.2, 0.25) is 0 Å². The molecule has 0 aliphatic heterocycles. The van der Waals surface area contributed by atoms with Gasteiger partial charge in [0.1, 0.15) is 11.3 Å². The number of benzene rings is 1. The van der Waals surface area contributed by atoms with E-state index in [0.29, 0.717) is 19.7 Å². The molecule has 1 aromatic carbocycles. The van der Waals surface area contributed by atoms with Gasteiger partial charge in [-0.25, -0.2) is 0 Å². The number of nitrogens with zero attached hydrogens (tertiary/aromatic N) is 2. The van der Waals surface area contributed by atoms with E-state index >= 15 is 0 Å². The third kappa shape index (κ3) is 4.71. The Morgan fingerprint density at radius 3 is 2.67 bits per heavy atom. The van der Waals surface area contributed by atoms with Crippen LogP contribution in [0.5, 0.6) is 5.75 Å². The molecular weight excluding hydrogens is 276 g/mol. The largest absolute Gasteiger partial charge is 0.508 e. The standard InChI is InChI=1S/C14H20N2O5/c1-10(2)9-15(6-7-21-3)14(18)12-8-11(17)4-5-13(12)16(19)20/h4-5,8,10,17H,6-7,9H2,1-3H3. The third-order valence-electron chi connectivity index (χ3n) is 2.85. The quantitative estimate of drug-likeness (QED) is 0.614. The maximum Gasteiger partial charge on any atom is 0.282 e. The van der Waals surface area contributed by atoms with Gasteiger partial charge in [0.05, 0.1) is 11.5 Å². The second kappa shape index (κ2) is 7.58. The van der Waals surface area contributed by atoms with Gasteiger partial charge in [-0.15, -0.1) is 0 Å². The number of phenols is 1. The molecule has 0 heterocycles. The number of phenolic OH excluding ortho intramolecular Hbond substituents is 1. The van der Waals surface area contributed by atoms with Gasteiger partial charge < -0.3 is 14.7 Å². The van der Waals surface area contributed by atoms with Crippen molar-refractivity contribution in [2.45, 2.75) is 13.8 Å². The van der Waals surface area contributed by atoms with Crippen molar-refractivity contribution in [3.63, 3.8) is 0 Å². The first-order valence-corrected chi connectivity index (χ1v) is 6.62. The zero-order valence-corrected chi connectivity index (χ0v) is 12.4. The van der Waals surface area contributed by atoms with Crippen LogP contribution in [0.25, 0.3) is 0 Å². The van der Waals surface area contributed by atoms with Crippen molar-refractivity contribution >= 4 is 11.6 Å². The molecule has 0 radical (unpaired) electrons. The molecule has 0 bridgehead atoms. The second-order valence-corrected chi connectivity index (χ2v) is 5.10. The maximum absolute atomic E-state index is 12.5. The van der Waals surface area contributed by atoms with Gasteiger partial charge in [-0.05, 0) is 18.1 Å². The number of hydrogen-bond acceptors (Lipinski definition) is 5. The highest BCUT2D eigenvalue weighted by atomic mass is 16.6. The first-order chi connectivity index (χ1) is 9.86. The predicted octanol–water partition coefficient (Wildman–Crippen LogP) is 2.04. The summed E-state index contributed by atoms with van der Waals surface area (Å²) in [5.74, 6) is -0.453. The van der Waals surface area contributed by atoms with Gasteiger partial charge in [0.15, 0.2) is 0 Å². The lowest BCUT2D eigenvalue weighted by molar-refractivity contribution is -0.385. The van der Waals surface area contributed by atoms with E-state index < -0.39 is 10.8 Å². The van der Waals surface area contributed by atoms with E-state index in [0.717, 1.165) is 12.1 Å². The Labute approximate surface area is 123 Å². The number of amides is 1. The van der Waals surface area contributed by atoms with E-state index in [1.165, 1.54) is 18.1 Å². The zero-order chi connectivity index (χ0) is 16.0. The summed E-state index contributed by atoms with van der Waals surface area (Å²) in [5, 5.41) is 20.5. The fourth-order valence-electron chi connectivity index (χ4n) is 1.94. The van der Waals surface area contributed by atoms with Gasteiger partial charge >= 0.3 is 0 Å². The van der Waals surface area contributed by atoms with Crippen LogP contribution in [0.1, 0.15) is 24.2 Å². The van der Waals surface area contributed by atoms with Gasteiger partial charge in [-0.2, -0.15) is 0 Å². The monoisotopic (exact) mass is 296 g/mol. The van der Waals surface area contributed by atoms with E-state index in [1.54, 1.807) is 0 Å². The van der Waals surface area contributed by atoms with Crippen LogP contribution in [0.15, 0.2) is 18.2 Å². The average molecular weight is 296 g/mol. The minimum atomic E-state index is -0.628. The molecule has 0 aliphatic carbocycles. The number of hydrogen-bond donors (Lipinski definition) is 1. The molecule has 0 spiro atoms. The summed E-state index contributed by atoms with van der Waals surface area (Å²) in [6, 6.07) is 3.45. The van der Waals surface area contributed by atoms with Gasteiger partial charge in [0.25, 0.3) is 11.6 Å². The fourth-order valence-corrected chi connectivity index (χ4v) is 1.94. The van der Waals surface area contributed by atoms with E-state index in [-0.39, 0.29) is 22.9 Å². The number of nitro benzene ring substituents is 1. The van der Waals surface area contributed by atoms with Crippen LogP contribution in [0, 0.1) is 16.0 Å². The Kier molecular flexibility index (Phi) is 6.10. The summed E-state index contributed by atoms with van der Waals surface area (Å²) in [7, 11) is 1.52. The van der Waals surface area contributed by atoms with E-state index in [9.17, 15) is 20.0 Å². The molecular formula is C14H20N2O5. The molecule has 0 aromatic heterocycles. The number of nitro groups is 1.